The van der Waals surface area contributed by atoms with E-state index in [1.54, 1.807) is 22.0 Å². The van der Waals surface area contributed by atoms with Crippen molar-refractivity contribution in [3.05, 3.63) is 76.5 Å². The Hall–Kier alpha value is -2.74. The molecule has 0 saturated carbocycles. The highest BCUT2D eigenvalue weighted by Gasteiger charge is 2.26. The SMILES string of the molecule is O=C(c1cnn(-c2ccc(Br)cc2)c1)N1CCC(Oc2ccc(F)cc2F)CC1. The molecule has 0 aliphatic carbocycles. The van der Waals surface area contributed by atoms with Gasteiger partial charge in [-0.25, -0.2) is 13.5 Å². The molecule has 0 radical (unpaired) electrons. The van der Waals surface area contributed by atoms with Gasteiger partial charge >= 0.3 is 0 Å². The summed E-state index contributed by atoms with van der Waals surface area (Å²) in [6.07, 6.45) is 4.19. The van der Waals surface area contributed by atoms with Gasteiger partial charge in [0.1, 0.15) is 11.9 Å². The minimum Gasteiger partial charge on any atom is -0.487 e. The molecule has 0 N–H and O–H groups in total. The number of halogens is 3. The second-order valence-corrected chi connectivity index (χ2v) is 7.75. The minimum absolute atomic E-state index is 0.0342. The summed E-state index contributed by atoms with van der Waals surface area (Å²) in [5.41, 5.74) is 1.37. The predicted molar refractivity (Wildman–Crippen MR) is 107 cm³/mol. The highest BCUT2D eigenvalue weighted by Crippen LogP contribution is 2.23. The molecule has 150 valence electrons. The number of hydrogen-bond acceptors (Lipinski definition) is 3. The molecule has 0 atom stereocenters. The first-order chi connectivity index (χ1) is 14.0. The fourth-order valence-corrected chi connectivity index (χ4v) is 3.54. The van der Waals surface area contributed by atoms with E-state index < -0.39 is 11.6 Å². The Kier molecular flexibility index (Phi) is 5.62. The van der Waals surface area contributed by atoms with Gasteiger partial charge in [0, 0.05) is 42.7 Å². The topological polar surface area (TPSA) is 47.4 Å². The number of carbonyl (C=O) groups is 1. The number of benzene rings is 2. The quantitative estimate of drug-likeness (QED) is 0.570. The minimum atomic E-state index is -0.719. The van der Waals surface area contributed by atoms with Crippen molar-refractivity contribution in [2.24, 2.45) is 0 Å². The van der Waals surface area contributed by atoms with Gasteiger partial charge in [-0.15, -0.1) is 0 Å². The number of amides is 1. The van der Waals surface area contributed by atoms with E-state index in [-0.39, 0.29) is 17.8 Å². The lowest BCUT2D eigenvalue weighted by atomic mass is 10.1. The Bertz CT molecular complexity index is 1020. The van der Waals surface area contributed by atoms with Crippen LogP contribution in [0.25, 0.3) is 5.69 Å². The number of nitrogens with zero attached hydrogens (tertiary/aromatic N) is 3. The van der Waals surface area contributed by atoms with Gasteiger partial charge in [0.15, 0.2) is 11.6 Å². The molecule has 5 nitrogen and oxygen atoms in total. The van der Waals surface area contributed by atoms with E-state index in [1.807, 2.05) is 24.3 Å². The second-order valence-electron chi connectivity index (χ2n) is 6.83. The molecule has 1 aromatic heterocycles. The summed E-state index contributed by atoms with van der Waals surface area (Å²) in [6, 6.07) is 10.9. The molecule has 1 amide bonds. The summed E-state index contributed by atoms with van der Waals surface area (Å²) in [5, 5.41) is 4.28. The van der Waals surface area contributed by atoms with E-state index in [4.69, 9.17) is 4.74 Å². The van der Waals surface area contributed by atoms with Crippen LogP contribution in [-0.4, -0.2) is 39.8 Å². The number of likely N-dealkylation sites (tertiary alicyclic amines) is 1. The first-order valence-electron chi connectivity index (χ1n) is 9.21. The van der Waals surface area contributed by atoms with Crippen LogP contribution in [-0.2, 0) is 0 Å². The molecule has 2 aromatic carbocycles. The molecule has 1 saturated heterocycles. The van der Waals surface area contributed by atoms with Crippen molar-refractivity contribution in [2.45, 2.75) is 18.9 Å². The zero-order valence-corrected chi connectivity index (χ0v) is 17.0. The van der Waals surface area contributed by atoms with Crippen molar-refractivity contribution >= 4 is 21.8 Å². The lowest BCUT2D eigenvalue weighted by Gasteiger charge is -2.32. The van der Waals surface area contributed by atoms with Crippen LogP contribution in [0.15, 0.2) is 59.3 Å². The van der Waals surface area contributed by atoms with Crippen LogP contribution in [0, 0.1) is 11.6 Å². The third kappa shape index (κ3) is 4.48. The molecule has 1 aliphatic rings. The molecule has 3 aromatic rings. The predicted octanol–water partition coefficient (Wildman–Crippen LogP) is 4.60. The summed E-state index contributed by atoms with van der Waals surface area (Å²) < 4.78 is 35.0. The third-order valence-corrected chi connectivity index (χ3v) is 5.37. The van der Waals surface area contributed by atoms with E-state index in [2.05, 4.69) is 21.0 Å². The van der Waals surface area contributed by atoms with Gasteiger partial charge in [0.05, 0.1) is 17.4 Å². The van der Waals surface area contributed by atoms with Crippen molar-refractivity contribution in [2.75, 3.05) is 13.1 Å². The summed E-state index contributed by atoms with van der Waals surface area (Å²) in [5.74, 6) is -1.42. The van der Waals surface area contributed by atoms with Gasteiger partial charge in [-0.2, -0.15) is 5.10 Å². The van der Waals surface area contributed by atoms with Gasteiger partial charge in [-0.3, -0.25) is 4.79 Å². The first kappa shape index (κ1) is 19.6. The highest BCUT2D eigenvalue weighted by atomic mass is 79.9. The molecule has 0 bridgehead atoms. The Morgan fingerprint density at radius 3 is 2.52 bits per heavy atom. The van der Waals surface area contributed by atoms with Crippen LogP contribution in [0.5, 0.6) is 5.75 Å². The number of aromatic nitrogens is 2. The lowest BCUT2D eigenvalue weighted by Crippen LogP contribution is -2.41. The number of rotatable bonds is 4. The molecule has 1 aliphatic heterocycles. The van der Waals surface area contributed by atoms with E-state index in [0.717, 1.165) is 16.2 Å². The maximum atomic E-state index is 13.8. The standard InChI is InChI=1S/C21H18BrF2N3O2/c22-15-1-4-17(5-2-15)27-13-14(12-25-27)21(28)26-9-7-18(8-10-26)29-20-6-3-16(23)11-19(20)24/h1-6,11-13,18H,7-10H2. The van der Waals surface area contributed by atoms with Crippen molar-refractivity contribution in [1.82, 2.24) is 14.7 Å². The van der Waals surface area contributed by atoms with Crippen molar-refractivity contribution < 1.29 is 18.3 Å². The van der Waals surface area contributed by atoms with E-state index >= 15 is 0 Å². The van der Waals surface area contributed by atoms with Crippen molar-refractivity contribution in [3.8, 4) is 11.4 Å². The van der Waals surface area contributed by atoms with Crippen LogP contribution in [0.2, 0.25) is 0 Å². The smallest absolute Gasteiger partial charge is 0.257 e. The third-order valence-electron chi connectivity index (χ3n) is 4.84. The normalized spacial score (nSPS) is 14.8. The zero-order valence-electron chi connectivity index (χ0n) is 15.4. The first-order valence-corrected chi connectivity index (χ1v) is 10.0. The Labute approximate surface area is 175 Å². The largest absolute Gasteiger partial charge is 0.487 e. The molecule has 29 heavy (non-hydrogen) atoms. The second kappa shape index (κ2) is 8.32. The average Bonchev–Trinajstić information content (AvgIpc) is 3.21. The Morgan fingerprint density at radius 2 is 1.83 bits per heavy atom. The number of carbonyl (C=O) groups excluding carboxylic acids is 1. The fraction of sp³-hybridized carbons (Fsp3) is 0.238. The van der Waals surface area contributed by atoms with E-state index in [9.17, 15) is 13.6 Å². The van der Waals surface area contributed by atoms with Crippen LogP contribution < -0.4 is 4.74 Å². The molecule has 0 spiro atoms. The molecular weight excluding hydrogens is 444 g/mol. The summed E-state index contributed by atoms with van der Waals surface area (Å²) in [6.45, 7) is 0.992. The molecule has 4 rings (SSSR count). The van der Waals surface area contributed by atoms with E-state index in [0.29, 0.717) is 31.5 Å². The number of piperidine rings is 1. The van der Waals surface area contributed by atoms with Gasteiger partial charge in [-0.1, -0.05) is 15.9 Å². The van der Waals surface area contributed by atoms with Gasteiger partial charge in [0.2, 0.25) is 0 Å². The average molecular weight is 462 g/mol. The summed E-state index contributed by atoms with van der Waals surface area (Å²) in [7, 11) is 0. The Morgan fingerprint density at radius 1 is 1.10 bits per heavy atom. The molecular formula is C21H18BrF2N3O2. The maximum Gasteiger partial charge on any atom is 0.257 e. The monoisotopic (exact) mass is 461 g/mol. The van der Waals surface area contributed by atoms with Crippen LogP contribution in [0.4, 0.5) is 8.78 Å². The van der Waals surface area contributed by atoms with E-state index in [1.165, 1.54) is 12.1 Å². The van der Waals surface area contributed by atoms with Gasteiger partial charge in [0.25, 0.3) is 5.91 Å². The molecule has 0 unspecified atom stereocenters. The molecule has 1 fully saturated rings. The zero-order chi connectivity index (χ0) is 20.4. The summed E-state index contributed by atoms with van der Waals surface area (Å²) >= 11 is 3.39. The lowest BCUT2D eigenvalue weighted by molar-refractivity contribution is 0.0588. The highest BCUT2D eigenvalue weighted by molar-refractivity contribution is 9.10. The van der Waals surface area contributed by atoms with Crippen LogP contribution in [0.3, 0.4) is 0 Å². The van der Waals surface area contributed by atoms with Crippen LogP contribution >= 0.6 is 15.9 Å². The van der Waals surface area contributed by atoms with Crippen molar-refractivity contribution in [1.29, 1.82) is 0 Å². The molecule has 8 heteroatoms. The van der Waals surface area contributed by atoms with Crippen molar-refractivity contribution in [3.63, 3.8) is 0 Å². The maximum absolute atomic E-state index is 13.8. The molecule has 2 heterocycles. The summed E-state index contributed by atoms with van der Waals surface area (Å²) in [4.78, 5) is 14.5. The Balaban J connectivity index is 1.36. The van der Waals surface area contributed by atoms with Gasteiger partial charge in [-0.05, 0) is 36.4 Å². The number of hydrogen-bond donors (Lipinski definition) is 0. The van der Waals surface area contributed by atoms with Crippen LogP contribution in [0.1, 0.15) is 23.2 Å². The van der Waals surface area contributed by atoms with Gasteiger partial charge < -0.3 is 9.64 Å². The fourth-order valence-electron chi connectivity index (χ4n) is 3.28. The number of ether oxygens (including phenoxy) is 1.